The number of piperidine rings is 1. The van der Waals surface area contributed by atoms with Crippen LogP contribution in [0.5, 0.6) is 5.75 Å². The number of nitrogens with one attached hydrogen (secondary N) is 1. The zero-order valence-electron chi connectivity index (χ0n) is 19.1. The number of para-hydroxylation sites is 1. The minimum atomic E-state index is -0.693. The molecular formula is C25H26F2IN5O2. The van der Waals surface area contributed by atoms with Gasteiger partial charge < -0.3 is 20.1 Å². The molecule has 7 nitrogen and oxygen atoms in total. The quantitative estimate of drug-likeness (QED) is 0.306. The van der Waals surface area contributed by atoms with Crippen LogP contribution < -0.4 is 10.1 Å². The molecule has 1 unspecified atom stereocenters. The van der Waals surface area contributed by atoms with Gasteiger partial charge in [0, 0.05) is 35.7 Å². The summed E-state index contributed by atoms with van der Waals surface area (Å²) in [6, 6.07) is 9.61. The molecule has 10 heteroatoms. The van der Waals surface area contributed by atoms with Gasteiger partial charge in [-0.3, -0.25) is 9.67 Å². The summed E-state index contributed by atoms with van der Waals surface area (Å²) in [4.78, 5) is 7.18. The molecule has 0 bridgehead atoms. The van der Waals surface area contributed by atoms with Crippen molar-refractivity contribution in [2.45, 2.75) is 31.8 Å². The minimum absolute atomic E-state index is 0.0265. The first-order valence-electron chi connectivity index (χ1n) is 11.6. The number of alkyl halides is 1. The Morgan fingerprint density at radius 2 is 1.86 bits per heavy atom. The second kappa shape index (κ2) is 10.5. The van der Waals surface area contributed by atoms with Gasteiger partial charge >= 0.3 is 0 Å². The number of aromatic nitrogens is 2. The smallest absolute Gasteiger partial charge is 0.187 e. The molecule has 1 saturated heterocycles. The number of rotatable bonds is 7. The van der Waals surface area contributed by atoms with E-state index in [1.54, 1.807) is 10.8 Å². The van der Waals surface area contributed by atoms with Crippen LogP contribution in [0.15, 0.2) is 53.3 Å². The molecule has 0 spiro atoms. The number of likely N-dealkylation sites (tertiary alicyclic amines) is 1. The zero-order valence-corrected chi connectivity index (χ0v) is 21.2. The molecule has 1 atom stereocenters. The Hall–Kier alpha value is -2.73. The fraction of sp³-hybridized carbons (Fsp3) is 0.360. The Balaban J connectivity index is 1.47. The van der Waals surface area contributed by atoms with Crippen molar-refractivity contribution in [2.75, 3.05) is 24.2 Å². The third-order valence-electron chi connectivity index (χ3n) is 6.31. The van der Waals surface area contributed by atoms with Gasteiger partial charge in [0.25, 0.3) is 0 Å². The van der Waals surface area contributed by atoms with Crippen LogP contribution in [0.1, 0.15) is 30.5 Å². The molecule has 2 aliphatic heterocycles. The topological polar surface area (TPSA) is 74.9 Å². The van der Waals surface area contributed by atoms with Crippen molar-refractivity contribution in [2.24, 2.45) is 4.99 Å². The lowest BCUT2D eigenvalue weighted by Gasteiger charge is -2.29. The molecule has 0 aliphatic carbocycles. The number of aliphatic imine (C=N–C) groups is 1. The Kier molecular flexibility index (Phi) is 7.19. The second-order valence-corrected chi connectivity index (χ2v) is 9.35. The van der Waals surface area contributed by atoms with Crippen LogP contribution in [-0.2, 0) is 6.54 Å². The van der Waals surface area contributed by atoms with E-state index in [0.29, 0.717) is 17.0 Å². The number of nitrogens with zero attached hydrogens (tertiary/aromatic N) is 4. The van der Waals surface area contributed by atoms with E-state index < -0.39 is 11.6 Å². The summed E-state index contributed by atoms with van der Waals surface area (Å²) < 4.78 is 36.6. The van der Waals surface area contributed by atoms with Crippen molar-refractivity contribution in [3.63, 3.8) is 0 Å². The highest BCUT2D eigenvalue weighted by molar-refractivity contribution is 14.1. The summed E-state index contributed by atoms with van der Waals surface area (Å²) in [5.74, 6) is -0.776. The SMILES string of the molecule is OC1=CC(CN2CCCCC2)N=C(c2nn(Cc3c(F)cc(OCI)cc3F)c3ccccc23)N1. The van der Waals surface area contributed by atoms with E-state index in [9.17, 15) is 13.9 Å². The summed E-state index contributed by atoms with van der Waals surface area (Å²) in [5.41, 5.74) is 1.13. The molecule has 5 rings (SSSR count). The van der Waals surface area contributed by atoms with Gasteiger partial charge in [0.15, 0.2) is 11.7 Å². The van der Waals surface area contributed by atoms with Crippen LogP contribution in [0.4, 0.5) is 8.78 Å². The molecule has 0 amide bonds. The van der Waals surface area contributed by atoms with Gasteiger partial charge in [-0.05, 0) is 54.6 Å². The molecule has 1 fully saturated rings. The maximum atomic E-state index is 14.8. The number of amidine groups is 1. The number of fused-ring (bicyclic) bond motifs is 1. The van der Waals surface area contributed by atoms with Gasteiger partial charge in [0.05, 0.1) is 18.1 Å². The molecule has 3 heterocycles. The molecule has 184 valence electrons. The minimum Gasteiger partial charge on any atom is -0.495 e. The highest BCUT2D eigenvalue weighted by Gasteiger charge is 2.24. The fourth-order valence-electron chi connectivity index (χ4n) is 4.65. The van der Waals surface area contributed by atoms with Crippen LogP contribution in [0.25, 0.3) is 10.9 Å². The van der Waals surface area contributed by atoms with E-state index in [-0.39, 0.29) is 34.4 Å². The molecule has 35 heavy (non-hydrogen) atoms. The van der Waals surface area contributed by atoms with Crippen LogP contribution in [-0.4, -0.2) is 55.9 Å². The predicted molar refractivity (Wildman–Crippen MR) is 139 cm³/mol. The number of halogens is 3. The molecule has 2 aliphatic rings. The molecular weight excluding hydrogens is 567 g/mol. The third-order valence-corrected chi connectivity index (χ3v) is 6.62. The molecule has 3 aromatic rings. The van der Waals surface area contributed by atoms with E-state index in [2.05, 4.69) is 15.3 Å². The molecule has 2 aromatic carbocycles. The van der Waals surface area contributed by atoms with Crippen LogP contribution in [0, 0.1) is 11.6 Å². The van der Waals surface area contributed by atoms with E-state index in [1.807, 2.05) is 46.9 Å². The van der Waals surface area contributed by atoms with Crippen LogP contribution in [0.3, 0.4) is 0 Å². The summed E-state index contributed by atoms with van der Waals surface area (Å²) in [5, 5.41) is 18.8. The average Bonchev–Trinajstić information content (AvgIpc) is 3.20. The number of ether oxygens (including phenoxy) is 1. The fourth-order valence-corrected chi connectivity index (χ4v) is 5.01. The number of aliphatic hydroxyl groups is 1. The lowest BCUT2D eigenvalue weighted by Crippen LogP contribution is -2.39. The standard InChI is InChI=1S/C25H26F2IN5O2/c26-20-11-17(35-15-28)12-21(27)19(20)14-33-22-7-3-2-6-18(22)24(31-33)25-29-16(10-23(34)30-25)13-32-8-4-1-5-9-32/h2-3,6-7,10-12,16,34H,1,4-5,8-9,13-15H2,(H,29,30). The van der Waals surface area contributed by atoms with Gasteiger partial charge in [0.1, 0.15) is 27.7 Å². The van der Waals surface area contributed by atoms with E-state index >= 15 is 0 Å². The maximum absolute atomic E-state index is 14.8. The Bertz CT molecular complexity index is 1260. The summed E-state index contributed by atoms with van der Waals surface area (Å²) >= 11 is 1.97. The number of hydrogen-bond donors (Lipinski definition) is 2. The third kappa shape index (κ3) is 5.27. The van der Waals surface area contributed by atoms with E-state index in [1.165, 1.54) is 31.4 Å². The van der Waals surface area contributed by atoms with Crippen molar-refractivity contribution < 1.29 is 18.6 Å². The van der Waals surface area contributed by atoms with Gasteiger partial charge in [-0.15, -0.1) is 0 Å². The van der Waals surface area contributed by atoms with Gasteiger partial charge in [0.2, 0.25) is 0 Å². The zero-order chi connectivity index (χ0) is 24.4. The summed E-state index contributed by atoms with van der Waals surface area (Å²) in [6.07, 6.45) is 5.30. The normalized spacial score (nSPS) is 18.8. The monoisotopic (exact) mass is 593 g/mol. The van der Waals surface area contributed by atoms with Gasteiger partial charge in [-0.1, -0.05) is 24.6 Å². The first-order valence-corrected chi connectivity index (χ1v) is 13.1. The van der Waals surface area contributed by atoms with Crippen LogP contribution in [0.2, 0.25) is 0 Å². The van der Waals surface area contributed by atoms with Crippen molar-refractivity contribution in [3.8, 4) is 5.75 Å². The highest BCUT2D eigenvalue weighted by atomic mass is 127. The van der Waals surface area contributed by atoms with Crippen LogP contribution >= 0.6 is 22.6 Å². The van der Waals surface area contributed by atoms with E-state index in [4.69, 9.17) is 9.73 Å². The lowest BCUT2D eigenvalue weighted by atomic mass is 10.1. The van der Waals surface area contributed by atoms with Crippen molar-refractivity contribution >= 4 is 39.3 Å². The van der Waals surface area contributed by atoms with Crippen molar-refractivity contribution in [1.29, 1.82) is 0 Å². The Morgan fingerprint density at radius 1 is 1.11 bits per heavy atom. The molecule has 2 N–H and O–H groups in total. The second-order valence-electron chi connectivity index (χ2n) is 8.73. The highest BCUT2D eigenvalue weighted by Crippen LogP contribution is 2.26. The van der Waals surface area contributed by atoms with Crippen molar-refractivity contribution in [1.82, 2.24) is 20.0 Å². The molecule has 1 aromatic heterocycles. The Labute approximate surface area is 215 Å². The lowest BCUT2D eigenvalue weighted by molar-refractivity contribution is 0.222. The first kappa shape index (κ1) is 24.0. The number of benzene rings is 2. The van der Waals surface area contributed by atoms with E-state index in [0.717, 1.165) is 25.0 Å². The summed E-state index contributed by atoms with van der Waals surface area (Å²) in [6.45, 7) is 2.67. The average molecular weight is 593 g/mol. The summed E-state index contributed by atoms with van der Waals surface area (Å²) in [7, 11) is 0. The number of hydrogen-bond acceptors (Lipinski definition) is 6. The number of aliphatic hydroxyl groups excluding tert-OH is 1. The Morgan fingerprint density at radius 3 is 2.60 bits per heavy atom. The predicted octanol–water partition coefficient (Wildman–Crippen LogP) is 4.74. The first-order chi connectivity index (χ1) is 17.0. The van der Waals surface area contributed by atoms with Gasteiger partial charge in [-0.25, -0.2) is 8.78 Å². The maximum Gasteiger partial charge on any atom is 0.187 e. The molecule has 0 saturated carbocycles. The molecule has 0 radical (unpaired) electrons. The largest absolute Gasteiger partial charge is 0.495 e. The van der Waals surface area contributed by atoms with Gasteiger partial charge in [-0.2, -0.15) is 5.10 Å². The van der Waals surface area contributed by atoms with Crippen molar-refractivity contribution in [3.05, 3.63) is 71.2 Å².